The van der Waals surface area contributed by atoms with E-state index in [4.69, 9.17) is 9.79 Å². The summed E-state index contributed by atoms with van der Waals surface area (Å²) in [5.41, 5.74) is -1.71. The fourth-order valence-electron chi connectivity index (χ4n) is 2.49. The van der Waals surface area contributed by atoms with Gasteiger partial charge in [0, 0.05) is 0 Å². The first-order valence-electron chi connectivity index (χ1n) is 6.52. The number of rotatable bonds is 4. The normalized spacial score (nSPS) is 13.3. The second-order valence-electron chi connectivity index (χ2n) is 5.33. The van der Waals surface area contributed by atoms with Crippen molar-refractivity contribution in [3.8, 4) is 5.75 Å². The van der Waals surface area contributed by atoms with Crippen LogP contribution in [-0.2, 0) is 17.4 Å². The van der Waals surface area contributed by atoms with Crippen molar-refractivity contribution >= 4 is 7.82 Å². The SMILES string of the molecule is Cc1c(CC(F)(F)F)c(C)c(OP(=O)(O)O)c(C)c1CC(F)(F)F. The highest BCUT2D eigenvalue weighted by molar-refractivity contribution is 7.46. The molecule has 0 spiro atoms. The lowest BCUT2D eigenvalue weighted by atomic mass is 9.89. The zero-order valence-electron chi connectivity index (χ0n) is 12.8. The van der Waals surface area contributed by atoms with E-state index in [1.54, 1.807) is 0 Å². The van der Waals surface area contributed by atoms with Gasteiger partial charge in [0.25, 0.3) is 0 Å². The van der Waals surface area contributed by atoms with Crippen molar-refractivity contribution in [2.75, 3.05) is 0 Å². The minimum atomic E-state index is -5.16. The molecule has 0 saturated heterocycles. The average Bonchev–Trinajstić information content (AvgIpc) is 2.32. The molecule has 24 heavy (non-hydrogen) atoms. The van der Waals surface area contributed by atoms with Crippen molar-refractivity contribution in [2.24, 2.45) is 0 Å². The first-order valence-corrected chi connectivity index (χ1v) is 8.05. The smallest absolute Gasteiger partial charge is 0.404 e. The molecule has 0 aliphatic rings. The Morgan fingerprint density at radius 3 is 1.42 bits per heavy atom. The van der Waals surface area contributed by atoms with Crippen molar-refractivity contribution in [1.82, 2.24) is 0 Å². The predicted octanol–water partition coefficient (Wildman–Crippen LogP) is 4.29. The summed E-state index contributed by atoms with van der Waals surface area (Å²) in [7, 11) is -5.16. The highest BCUT2D eigenvalue weighted by Crippen LogP contribution is 2.45. The van der Waals surface area contributed by atoms with Crippen molar-refractivity contribution < 1.29 is 45.2 Å². The second-order valence-corrected chi connectivity index (χ2v) is 6.49. The van der Waals surface area contributed by atoms with E-state index in [1.165, 1.54) is 0 Å². The van der Waals surface area contributed by atoms with Gasteiger partial charge < -0.3 is 4.52 Å². The van der Waals surface area contributed by atoms with E-state index < -0.39 is 49.9 Å². The first kappa shape index (κ1) is 20.8. The van der Waals surface area contributed by atoms with E-state index in [1.807, 2.05) is 0 Å². The maximum absolute atomic E-state index is 12.7. The third-order valence-electron chi connectivity index (χ3n) is 3.46. The number of benzene rings is 1. The van der Waals surface area contributed by atoms with E-state index >= 15 is 0 Å². The Bertz CT molecular complexity index is 632. The molecule has 4 nitrogen and oxygen atoms in total. The summed E-state index contributed by atoms with van der Waals surface area (Å²) >= 11 is 0. The summed E-state index contributed by atoms with van der Waals surface area (Å²) in [5.74, 6) is -0.660. The molecule has 0 aromatic heterocycles. The van der Waals surface area contributed by atoms with E-state index in [0.29, 0.717) is 0 Å². The number of phosphoric acid groups is 1. The Kier molecular flexibility index (Phi) is 5.69. The Morgan fingerprint density at radius 1 is 0.833 bits per heavy atom. The number of phosphoric ester groups is 1. The van der Waals surface area contributed by atoms with Gasteiger partial charge in [-0.05, 0) is 48.6 Å². The van der Waals surface area contributed by atoms with Gasteiger partial charge in [0.1, 0.15) is 5.75 Å². The van der Waals surface area contributed by atoms with Crippen LogP contribution in [0, 0.1) is 20.8 Å². The largest absolute Gasteiger partial charge is 0.524 e. The van der Waals surface area contributed by atoms with Gasteiger partial charge in [-0.1, -0.05) is 0 Å². The molecule has 0 radical (unpaired) electrons. The molecule has 11 heteroatoms. The van der Waals surface area contributed by atoms with Crippen molar-refractivity contribution in [3.05, 3.63) is 27.8 Å². The Labute approximate surface area is 133 Å². The third-order valence-corrected chi connectivity index (χ3v) is 3.88. The van der Waals surface area contributed by atoms with Crippen LogP contribution < -0.4 is 4.52 Å². The van der Waals surface area contributed by atoms with Crippen LogP contribution in [-0.4, -0.2) is 22.1 Å². The molecule has 0 amide bonds. The van der Waals surface area contributed by atoms with E-state index in [-0.39, 0.29) is 16.7 Å². The van der Waals surface area contributed by atoms with Gasteiger partial charge in [0.05, 0.1) is 12.8 Å². The molecule has 0 atom stereocenters. The molecule has 138 valence electrons. The molecular weight excluding hydrogens is 365 g/mol. The number of alkyl halides is 6. The number of halogens is 6. The Hall–Kier alpha value is -1.25. The van der Waals surface area contributed by atoms with Gasteiger partial charge in [-0.15, -0.1) is 0 Å². The topological polar surface area (TPSA) is 66.8 Å². The van der Waals surface area contributed by atoms with Crippen LogP contribution in [0.3, 0.4) is 0 Å². The molecule has 0 aliphatic carbocycles. The van der Waals surface area contributed by atoms with Crippen molar-refractivity contribution in [3.63, 3.8) is 0 Å². The number of hydrogen-bond acceptors (Lipinski definition) is 2. The van der Waals surface area contributed by atoms with Gasteiger partial charge in [-0.3, -0.25) is 9.79 Å². The van der Waals surface area contributed by atoms with Gasteiger partial charge >= 0.3 is 20.2 Å². The fourth-order valence-corrected chi connectivity index (χ4v) is 3.00. The van der Waals surface area contributed by atoms with Gasteiger partial charge in [0.2, 0.25) is 0 Å². The lowest BCUT2D eigenvalue weighted by molar-refractivity contribution is -0.127. The molecule has 0 aliphatic heterocycles. The molecule has 1 rings (SSSR count). The van der Waals surface area contributed by atoms with E-state index in [2.05, 4.69) is 4.52 Å². The summed E-state index contributed by atoms with van der Waals surface area (Å²) in [6.07, 6.45) is -12.5. The molecular formula is C13H15F6O4P. The van der Waals surface area contributed by atoms with Crippen LogP contribution in [0.5, 0.6) is 5.75 Å². The minimum absolute atomic E-state index is 0.224. The van der Waals surface area contributed by atoms with Crippen molar-refractivity contribution in [2.45, 2.75) is 46.0 Å². The quantitative estimate of drug-likeness (QED) is 0.604. The lowest BCUT2D eigenvalue weighted by Gasteiger charge is -2.23. The molecule has 2 N–H and O–H groups in total. The van der Waals surface area contributed by atoms with E-state index in [0.717, 1.165) is 20.8 Å². The van der Waals surface area contributed by atoms with Crippen molar-refractivity contribution in [1.29, 1.82) is 0 Å². The summed E-state index contributed by atoms with van der Waals surface area (Å²) in [5, 5.41) is 0. The highest BCUT2D eigenvalue weighted by Gasteiger charge is 2.35. The van der Waals surface area contributed by atoms with Gasteiger partial charge in [-0.2, -0.15) is 26.3 Å². The van der Waals surface area contributed by atoms with Gasteiger partial charge in [0.15, 0.2) is 0 Å². The van der Waals surface area contributed by atoms with Crippen LogP contribution in [0.2, 0.25) is 0 Å². The zero-order chi connectivity index (χ0) is 19.1. The lowest BCUT2D eigenvalue weighted by Crippen LogP contribution is -2.19. The third kappa shape index (κ3) is 5.68. The average molecular weight is 380 g/mol. The maximum atomic E-state index is 12.7. The summed E-state index contributed by atoms with van der Waals surface area (Å²) < 4.78 is 91.7. The summed E-state index contributed by atoms with van der Waals surface area (Å²) in [6.45, 7) is 3.34. The zero-order valence-corrected chi connectivity index (χ0v) is 13.7. The highest BCUT2D eigenvalue weighted by atomic mass is 31.2. The molecule has 1 aromatic rings. The van der Waals surface area contributed by atoms with Crippen LogP contribution in [0.4, 0.5) is 26.3 Å². The van der Waals surface area contributed by atoms with Gasteiger partial charge in [-0.25, -0.2) is 4.57 Å². The molecule has 0 bridgehead atoms. The maximum Gasteiger partial charge on any atom is 0.524 e. The van der Waals surface area contributed by atoms with Crippen LogP contribution in [0.1, 0.15) is 27.8 Å². The molecule has 0 fully saturated rings. The standard InChI is InChI=1S/C13H15F6O4P/c1-6-9(4-12(14,15)16)7(2)11(23-24(20,21)22)8(3)10(6)5-13(17,18)19/h4-5H2,1-3H3,(H2,20,21,22). The molecule has 0 heterocycles. The van der Waals surface area contributed by atoms with Crippen LogP contribution in [0.15, 0.2) is 0 Å². The van der Waals surface area contributed by atoms with E-state index in [9.17, 15) is 30.9 Å². The summed E-state index contributed by atoms with van der Waals surface area (Å²) in [6, 6.07) is 0. The van der Waals surface area contributed by atoms with Crippen LogP contribution in [0.25, 0.3) is 0 Å². The predicted molar refractivity (Wildman–Crippen MR) is 72.8 cm³/mol. The monoisotopic (exact) mass is 380 g/mol. The summed E-state index contributed by atoms with van der Waals surface area (Å²) in [4.78, 5) is 17.8. The first-order chi connectivity index (χ1) is 10.5. The molecule has 0 unspecified atom stereocenters. The second kappa shape index (κ2) is 6.57. The Morgan fingerprint density at radius 2 is 1.17 bits per heavy atom. The molecule has 1 aromatic carbocycles. The fraction of sp³-hybridized carbons (Fsp3) is 0.538. The Balaban J connectivity index is 3.67. The number of hydrogen-bond donors (Lipinski definition) is 2. The van der Waals surface area contributed by atoms with Crippen LogP contribution >= 0.6 is 7.82 Å². The molecule has 0 saturated carbocycles. The minimum Gasteiger partial charge on any atom is -0.404 e.